The molecule has 1 spiro atoms. The number of nitrogens with one attached hydrogen (secondary N) is 1. The number of rotatable bonds is 9. The lowest BCUT2D eigenvalue weighted by Crippen LogP contribution is -2.58. The van der Waals surface area contributed by atoms with Crippen LogP contribution in [0.4, 0.5) is 11.6 Å². The maximum absolute atomic E-state index is 16.0. The summed E-state index contributed by atoms with van der Waals surface area (Å²) in [7, 11) is 1.61. The van der Waals surface area contributed by atoms with Crippen LogP contribution in [0.25, 0.3) is 0 Å². The number of aliphatic hydroxyl groups excluding tert-OH is 1. The molecule has 13 nitrogen and oxygen atoms in total. The molecule has 3 saturated heterocycles. The van der Waals surface area contributed by atoms with Gasteiger partial charge in [0.2, 0.25) is 17.8 Å². The van der Waals surface area contributed by atoms with Crippen molar-refractivity contribution in [1.29, 1.82) is 0 Å². The SMILES string of the molecule is COc1ccc(C#Cc2ccc3c(c2)C2(C(=O)N3)C(C(=O)N3CCN(c4ncccn4)CC3)C3C(=O)OC(c4ccccc4)C(c4ccccc4)N3C2c2cccc(OCCO)c2)cc1. The molecular formula is C52H46N6O7. The number of hydrogen-bond acceptors (Lipinski definition) is 11. The molecule has 0 bridgehead atoms. The van der Waals surface area contributed by atoms with Crippen molar-refractivity contribution in [3.8, 4) is 23.3 Å². The quantitative estimate of drug-likeness (QED) is 0.133. The van der Waals surface area contributed by atoms with Gasteiger partial charge >= 0.3 is 5.97 Å². The fraction of sp³-hybridized carbons (Fsp3) is 0.250. The third-order valence-electron chi connectivity index (χ3n) is 13.0. The van der Waals surface area contributed by atoms with Crippen molar-refractivity contribution in [2.24, 2.45) is 5.92 Å². The summed E-state index contributed by atoms with van der Waals surface area (Å²) in [6.45, 7) is 1.33. The highest BCUT2D eigenvalue weighted by molar-refractivity contribution is 6.12. The second-order valence-electron chi connectivity index (χ2n) is 16.5. The number of anilines is 2. The van der Waals surface area contributed by atoms with Crippen LogP contribution in [0.3, 0.4) is 0 Å². The van der Waals surface area contributed by atoms with Crippen LogP contribution in [0, 0.1) is 17.8 Å². The third-order valence-corrected chi connectivity index (χ3v) is 13.0. The van der Waals surface area contributed by atoms with Gasteiger partial charge in [0.25, 0.3) is 0 Å². The van der Waals surface area contributed by atoms with E-state index in [0.29, 0.717) is 66.0 Å². The zero-order valence-electron chi connectivity index (χ0n) is 35.6. The number of carbonyl (C=O) groups is 3. The molecule has 4 aliphatic rings. The normalized spacial score (nSPS) is 23.4. The fourth-order valence-electron chi connectivity index (χ4n) is 10.2. The highest BCUT2D eigenvalue weighted by Gasteiger charge is 2.74. The van der Waals surface area contributed by atoms with E-state index in [9.17, 15) is 5.11 Å². The second kappa shape index (κ2) is 17.6. The first-order valence-electron chi connectivity index (χ1n) is 21.7. The number of hydrogen-bond donors (Lipinski definition) is 2. The van der Waals surface area contributed by atoms with E-state index in [1.165, 1.54) is 0 Å². The Balaban J connectivity index is 1.20. The number of benzene rings is 5. The van der Waals surface area contributed by atoms with Gasteiger partial charge in [0, 0.05) is 55.4 Å². The molecule has 5 heterocycles. The van der Waals surface area contributed by atoms with Crippen molar-refractivity contribution in [2.45, 2.75) is 29.6 Å². The van der Waals surface area contributed by atoms with Gasteiger partial charge in [0.15, 0.2) is 0 Å². The number of aliphatic hydroxyl groups is 1. The largest absolute Gasteiger partial charge is 0.497 e. The molecule has 6 atom stereocenters. The first kappa shape index (κ1) is 41.5. The van der Waals surface area contributed by atoms with Gasteiger partial charge in [0.1, 0.15) is 35.7 Å². The molecule has 10 rings (SSSR count). The number of methoxy groups -OCH3 is 1. The Morgan fingerprint density at radius 2 is 1.45 bits per heavy atom. The molecule has 326 valence electrons. The Morgan fingerprint density at radius 1 is 0.769 bits per heavy atom. The van der Waals surface area contributed by atoms with Crippen molar-refractivity contribution >= 4 is 29.4 Å². The molecule has 0 aliphatic carbocycles. The molecule has 0 saturated carbocycles. The number of morpholine rings is 1. The lowest BCUT2D eigenvalue weighted by Gasteiger charge is -2.46. The lowest BCUT2D eigenvalue weighted by molar-refractivity contribution is -0.179. The number of aromatic nitrogens is 2. The van der Waals surface area contributed by atoms with Gasteiger partial charge in [-0.05, 0) is 82.9 Å². The standard InChI is InChI=1S/C52H46N6O7/c1-63-39-21-18-34(19-22-39)16-17-35-20-23-42-41(32-35)52(50(62)55-42)43(48(60)56-26-28-57(29-27-56)51-53-24-9-25-54-51)45-49(61)65-46(37-12-6-3-7-13-37)44(36-10-4-2-5-11-36)58(45)47(52)38-14-8-15-40(33-38)64-31-30-59/h2-15,18-25,32-33,43-47,59H,26-31H2,1H3,(H,55,62). The Kier molecular flexibility index (Phi) is 11.2. The van der Waals surface area contributed by atoms with Crippen LogP contribution in [-0.2, 0) is 24.5 Å². The van der Waals surface area contributed by atoms with E-state index in [1.807, 2.05) is 126 Å². The smallest absolute Gasteiger partial charge is 0.324 e. The van der Waals surface area contributed by atoms with Crippen LogP contribution >= 0.6 is 0 Å². The fourth-order valence-corrected chi connectivity index (χ4v) is 10.2. The maximum Gasteiger partial charge on any atom is 0.324 e. The number of esters is 1. The summed E-state index contributed by atoms with van der Waals surface area (Å²) in [5, 5.41) is 13.0. The first-order chi connectivity index (χ1) is 31.9. The summed E-state index contributed by atoms with van der Waals surface area (Å²) in [6.07, 6.45) is 2.56. The van der Waals surface area contributed by atoms with Gasteiger partial charge in [-0.2, -0.15) is 0 Å². The molecule has 2 N–H and O–H groups in total. The van der Waals surface area contributed by atoms with Crippen LogP contribution in [0.1, 0.15) is 51.6 Å². The van der Waals surface area contributed by atoms with Crippen molar-refractivity contribution < 1.29 is 33.7 Å². The van der Waals surface area contributed by atoms with E-state index in [1.54, 1.807) is 36.5 Å². The minimum absolute atomic E-state index is 0.0430. The Hall–Kier alpha value is -7.53. The predicted octanol–water partition coefficient (Wildman–Crippen LogP) is 5.88. The number of nitrogens with zero attached hydrogens (tertiary/aromatic N) is 5. The molecule has 2 amide bonds. The summed E-state index contributed by atoms with van der Waals surface area (Å²) in [4.78, 5) is 61.8. The van der Waals surface area contributed by atoms with Gasteiger partial charge in [-0.25, -0.2) is 9.97 Å². The minimum atomic E-state index is -1.71. The van der Waals surface area contributed by atoms with Crippen LogP contribution in [0.15, 0.2) is 146 Å². The second-order valence-corrected chi connectivity index (χ2v) is 16.5. The average Bonchev–Trinajstić information content (AvgIpc) is 3.84. The van der Waals surface area contributed by atoms with Crippen molar-refractivity contribution in [1.82, 2.24) is 19.8 Å². The highest BCUT2D eigenvalue weighted by atomic mass is 16.6. The Bertz CT molecular complexity index is 2780. The van der Waals surface area contributed by atoms with Crippen LogP contribution in [-0.4, -0.2) is 95.2 Å². The zero-order valence-corrected chi connectivity index (χ0v) is 35.6. The van der Waals surface area contributed by atoms with Gasteiger partial charge in [-0.3, -0.25) is 19.3 Å². The maximum atomic E-state index is 16.0. The number of ether oxygens (including phenoxy) is 3. The van der Waals surface area contributed by atoms with Crippen molar-refractivity contribution in [2.75, 3.05) is 56.7 Å². The number of fused-ring (bicyclic) bond motifs is 3. The van der Waals surface area contributed by atoms with Gasteiger partial charge < -0.3 is 34.4 Å². The molecule has 6 aromatic rings. The topological polar surface area (TPSA) is 147 Å². The highest BCUT2D eigenvalue weighted by Crippen LogP contribution is 2.65. The van der Waals surface area contributed by atoms with E-state index in [4.69, 9.17) is 14.2 Å². The Morgan fingerprint density at radius 3 is 2.15 bits per heavy atom. The van der Waals surface area contributed by atoms with Crippen LogP contribution in [0.5, 0.6) is 11.5 Å². The lowest BCUT2D eigenvalue weighted by atomic mass is 9.65. The molecule has 0 radical (unpaired) electrons. The molecule has 4 aliphatic heterocycles. The number of cyclic esters (lactones) is 1. The van der Waals surface area contributed by atoms with E-state index in [-0.39, 0.29) is 19.1 Å². The summed E-state index contributed by atoms with van der Waals surface area (Å²) in [6, 6.07) is 38.7. The summed E-state index contributed by atoms with van der Waals surface area (Å²) < 4.78 is 18.0. The Labute approximate surface area is 376 Å². The average molecular weight is 867 g/mol. The van der Waals surface area contributed by atoms with E-state index >= 15 is 14.4 Å². The molecule has 6 unspecified atom stereocenters. The van der Waals surface area contributed by atoms with Crippen molar-refractivity contribution in [3.63, 3.8) is 0 Å². The minimum Gasteiger partial charge on any atom is -0.497 e. The number of carbonyl (C=O) groups excluding carboxylic acids is 3. The molecule has 13 heteroatoms. The van der Waals surface area contributed by atoms with Crippen LogP contribution < -0.4 is 19.7 Å². The number of piperazine rings is 1. The molecule has 3 fully saturated rings. The van der Waals surface area contributed by atoms with Gasteiger partial charge in [-0.15, -0.1) is 0 Å². The summed E-state index contributed by atoms with van der Waals surface area (Å²) in [5.74, 6) is 5.66. The molecule has 1 aromatic heterocycles. The van der Waals surface area contributed by atoms with Crippen LogP contribution in [0.2, 0.25) is 0 Å². The molecule has 65 heavy (non-hydrogen) atoms. The van der Waals surface area contributed by atoms with Crippen molar-refractivity contribution in [3.05, 3.63) is 179 Å². The van der Waals surface area contributed by atoms with E-state index in [2.05, 4.69) is 32.0 Å². The molecular weight excluding hydrogens is 821 g/mol. The van der Waals surface area contributed by atoms with E-state index < -0.39 is 47.4 Å². The first-order valence-corrected chi connectivity index (χ1v) is 21.7. The summed E-state index contributed by atoms with van der Waals surface area (Å²) >= 11 is 0. The third kappa shape index (κ3) is 7.40. The monoisotopic (exact) mass is 866 g/mol. The van der Waals surface area contributed by atoms with Gasteiger partial charge in [0.05, 0.1) is 31.7 Å². The summed E-state index contributed by atoms with van der Waals surface area (Å²) in [5.41, 5.74) is 3.00. The van der Waals surface area contributed by atoms with E-state index in [0.717, 1.165) is 16.7 Å². The van der Waals surface area contributed by atoms with Gasteiger partial charge in [-0.1, -0.05) is 84.6 Å². The molecule has 5 aromatic carbocycles. The zero-order chi connectivity index (χ0) is 44.5. The predicted molar refractivity (Wildman–Crippen MR) is 242 cm³/mol. The number of amides is 2.